The molecule has 160 valence electrons. The minimum Gasteiger partial charge on any atom is -0.267 e. The van der Waals surface area contributed by atoms with Crippen molar-refractivity contribution < 1.29 is 9.59 Å². The maximum atomic E-state index is 13.0. The van der Waals surface area contributed by atoms with Crippen LogP contribution in [-0.4, -0.2) is 27.9 Å². The van der Waals surface area contributed by atoms with E-state index in [-0.39, 0.29) is 5.56 Å². The van der Waals surface area contributed by atoms with E-state index < -0.39 is 11.8 Å². The van der Waals surface area contributed by atoms with Crippen LogP contribution in [0.1, 0.15) is 20.7 Å². The monoisotopic (exact) mass is 462 g/mol. The number of hydrogen-bond donors (Lipinski definition) is 2. The molecule has 0 aliphatic rings. The van der Waals surface area contributed by atoms with Crippen molar-refractivity contribution in [2.45, 2.75) is 4.90 Å². The lowest BCUT2D eigenvalue weighted by atomic mass is 10.1. The number of benzene rings is 3. The van der Waals surface area contributed by atoms with Gasteiger partial charge in [0.05, 0.1) is 21.8 Å². The zero-order chi connectivity index (χ0) is 22.5. The molecule has 0 bridgehead atoms. The zero-order valence-electron chi connectivity index (χ0n) is 17.1. The summed E-state index contributed by atoms with van der Waals surface area (Å²) >= 11 is 7.65. The minimum absolute atomic E-state index is 0.280. The number of carbonyl (C=O) groups excluding carboxylic acids is 2. The number of carbonyl (C=O) groups is 2. The van der Waals surface area contributed by atoms with Crippen LogP contribution >= 0.6 is 23.4 Å². The first-order valence-corrected chi connectivity index (χ1v) is 11.3. The van der Waals surface area contributed by atoms with Gasteiger partial charge < -0.3 is 0 Å². The highest BCUT2D eigenvalue weighted by Crippen LogP contribution is 2.24. The molecule has 3 aromatic carbocycles. The maximum absolute atomic E-state index is 13.0. The van der Waals surface area contributed by atoms with Crippen LogP contribution in [0.25, 0.3) is 16.9 Å². The zero-order valence-corrected chi connectivity index (χ0v) is 18.7. The van der Waals surface area contributed by atoms with Gasteiger partial charge in [-0.25, -0.2) is 4.68 Å². The number of hydrazine groups is 1. The fourth-order valence-corrected chi connectivity index (χ4v) is 3.76. The maximum Gasteiger partial charge on any atom is 0.273 e. The molecule has 32 heavy (non-hydrogen) atoms. The van der Waals surface area contributed by atoms with Crippen LogP contribution in [0.5, 0.6) is 0 Å². The first kappa shape index (κ1) is 21.7. The van der Waals surface area contributed by atoms with Crippen LogP contribution in [0.4, 0.5) is 0 Å². The van der Waals surface area contributed by atoms with Crippen molar-refractivity contribution in [3.8, 4) is 16.9 Å². The number of nitrogens with zero attached hydrogens (tertiary/aromatic N) is 2. The number of nitrogens with one attached hydrogen (secondary N) is 2. The Morgan fingerprint density at radius 3 is 2.16 bits per heavy atom. The predicted molar refractivity (Wildman–Crippen MR) is 127 cm³/mol. The highest BCUT2D eigenvalue weighted by molar-refractivity contribution is 7.98. The van der Waals surface area contributed by atoms with Crippen molar-refractivity contribution in [3.63, 3.8) is 0 Å². The van der Waals surface area contributed by atoms with Crippen LogP contribution in [0.3, 0.4) is 0 Å². The van der Waals surface area contributed by atoms with E-state index in [0.717, 1.165) is 16.1 Å². The van der Waals surface area contributed by atoms with Gasteiger partial charge in [-0.1, -0.05) is 60.1 Å². The molecular weight excluding hydrogens is 444 g/mol. The van der Waals surface area contributed by atoms with Gasteiger partial charge in [0.2, 0.25) is 0 Å². The molecular formula is C24H19ClN4O2S. The Bertz CT molecular complexity index is 1260. The van der Waals surface area contributed by atoms with Gasteiger partial charge in [0.25, 0.3) is 11.8 Å². The van der Waals surface area contributed by atoms with Gasteiger partial charge in [-0.15, -0.1) is 11.8 Å². The minimum atomic E-state index is -0.504. The van der Waals surface area contributed by atoms with Gasteiger partial charge in [0, 0.05) is 16.7 Å². The summed E-state index contributed by atoms with van der Waals surface area (Å²) < 4.78 is 1.64. The number of para-hydroxylation sites is 1. The molecule has 2 amide bonds. The van der Waals surface area contributed by atoms with Crippen molar-refractivity contribution in [3.05, 3.63) is 101 Å². The Morgan fingerprint density at radius 1 is 0.875 bits per heavy atom. The van der Waals surface area contributed by atoms with E-state index in [4.69, 9.17) is 11.6 Å². The van der Waals surface area contributed by atoms with E-state index in [0.29, 0.717) is 16.3 Å². The highest BCUT2D eigenvalue weighted by atomic mass is 35.5. The molecule has 4 aromatic rings. The number of thioether (sulfide) groups is 1. The fraction of sp³-hybridized carbons (Fsp3) is 0.0417. The van der Waals surface area contributed by atoms with Crippen LogP contribution < -0.4 is 10.9 Å². The summed E-state index contributed by atoms with van der Waals surface area (Å²) in [7, 11) is 0. The van der Waals surface area contributed by atoms with E-state index in [9.17, 15) is 9.59 Å². The van der Waals surface area contributed by atoms with Crippen LogP contribution in [-0.2, 0) is 0 Å². The summed E-state index contributed by atoms with van der Waals surface area (Å²) in [6.07, 6.45) is 3.54. The molecule has 4 rings (SSSR count). The Balaban J connectivity index is 1.60. The van der Waals surface area contributed by atoms with Crippen molar-refractivity contribution >= 4 is 35.2 Å². The van der Waals surface area contributed by atoms with Crippen LogP contribution in [0.2, 0.25) is 5.02 Å². The highest BCUT2D eigenvalue weighted by Gasteiger charge is 2.20. The summed E-state index contributed by atoms with van der Waals surface area (Å²) in [5, 5.41) is 4.92. The number of hydrogen-bond acceptors (Lipinski definition) is 4. The quantitative estimate of drug-likeness (QED) is 0.323. The van der Waals surface area contributed by atoms with Crippen LogP contribution in [0.15, 0.2) is 90.0 Å². The van der Waals surface area contributed by atoms with E-state index in [2.05, 4.69) is 16.0 Å². The molecule has 0 atom stereocenters. The molecule has 0 fully saturated rings. The summed E-state index contributed by atoms with van der Waals surface area (Å²) in [5.74, 6) is -0.993. The lowest BCUT2D eigenvalue weighted by Gasteiger charge is -2.09. The number of amides is 2. The second kappa shape index (κ2) is 9.72. The molecule has 6 nitrogen and oxygen atoms in total. The molecule has 0 aliphatic heterocycles. The van der Waals surface area contributed by atoms with E-state index >= 15 is 0 Å². The van der Waals surface area contributed by atoms with Gasteiger partial charge in [-0.3, -0.25) is 20.4 Å². The van der Waals surface area contributed by atoms with Crippen molar-refractivity contribution in [2.75, 3.05) is 6.26 Å². The van der Waals surface area contributed by atoms with Gasteiger partial charge >= 0.3 is 0 Å². The number of rotatable bonds is 5. The largest absolute Gasteiger partial charge is 0.273 e. The Hall–Kier alpha value is -3.55. The summed E-state index contributed by atoms with van der Waals surface area (Å²) in [5.41, 5.74) is 7.63. The van der Waals surface area contributed by atoms with Gasteiger partial charge in [-0.2, -0.15) is 5.10 Å². The van der Waals surface area contributed by atoms with Crippen molar-refractivity contribution in [1.82, 2.24) is 20.6 Å². The summed E-state index contributed by atoms with van der Waals surface area (Å²) in [6.45, 7) is 0. The Morgan fingerprint density at radius 2 is 1.50 bits per heavy atom. The molecule has 2 N–H and O–H groups in total. The molecule has 0 unspecified atom stereocenters. The van der Waals surface area contributed by atoms with Gasteiger partial charge in [-0.05, 0) is 36.6 Å². The third kappa shape index (κ3) is 4.69. The normalized spacial score (nSPS) is 10.6. The predicted octanol–water partition coefficient (Wildman–Crippen LogP) is 4.99. The lowest BCUT2D eigenvalue weighted by molar-refractivity contribution is 0.0847. The smallest absolute Gasteiger partial charge is 0.267 e. The van der Waals surface area contributed by atoms with Crippen molar-refractivity contribution in [1.29, 1.82) is 0 Å². The van der Waals surface area contributed by atoms with Crippen molar-refractivity contribution in [2.24, 2.45) is 0 Å². The first-order chi connectivity index (χ1) is 15.6. The van der Waals surface area contributed by atoms with Crippen LogP contribution in [0, 0.1) is 0 Å². The molecule has 0 saturated carbocycles. The molecule has 0 aliphatic carbocycles. The molecule has 0 saturated heterocycles. The number of halogens is 1. The molecule has 1 heterocycles. The molecule has 0 spiro atoms. The Kier molecular flexibility index (Phi) is 6.58. The molecule has 1 aromatic heterocycles. The summed E-state index contributed by atoms with van der Waals surface area (Å²) in [4.78, 5) is 26.5. The van der Waals surface area contributed by atoms with Gasteiger partial charge in [0.15, 0.2) is 0 Å². The SMILES string of the molecule is CSc1ccc(Cl)c(C(=O)NNC(=O)c2cn(-c3ccccc3)nc2-c2ccccc2)c1. The average molecular weight is 463 g/mol. The average Bonchev–Trinajstić information content (AvgIpc) is 3.29. The topological polar surface area (TPSA) is 76.0 Å². The van der Waals surface area contributed by atoms with E-state index in [1.54, 1.807) is 23.0 Å². The van der Waals surface area contributed by atoms with E-state index in [1.165, 1.54) is 11.8 Å². The van der Waals surface area contributed by atoms with E-state index in [1.807, 2.05) is 73.0 Å². The fourth-order valence-electron chi connectivity index (χ4n) is 3.12. The molecule has 8 heteroatoms. The first-order valence-electron chi connectivity index (χ1n) is 9.71. The Labute approximate surface area is 194 Å². The summed E-state index contributed by atoms with van der Waals surface area (Å²) in [6, 6.07) is 24.0. The molecule has 0 radical (unpaired) electrons. The second-order valence-electron chi connectivity index (χ2n) is 6.79. The third-order valence-corrected chi connectivity index (χ3v) is 5.79. The number of aromatic nitrogens is 2. The van der Waals surface area contributed by atoms with Gasteiger partial charge in [0.1, 0.15) is 5.69 Å². The third-order valence-electron chi connectivity index (χ3n) is 4.73. The second-order valence-corrected chi connectivity index (χ2v) is 8.08. The lowest BCUT2D eigenvalue weighted by Crippen LogP contribution is -2.41. The standard InChI is InChI=1S/C24H19ClN4O2S/c1-32-18-12-13-21(25)19(14-18)23(30)26-27-24(31)20-15-29(17-10-6-3-7-11-17)28-22(20)16-8-4-2-5-9-16/h2-15H,1H3,(H,26,30)(H,27,31).